The van der Waals surface area contributed by atoms with E-state index < -0.39 is 11.6 Å². The van der Waals surface area contributed by atoms with Crippen molar-refractivity contribution >= 4 is 11.6 Å². The number of halogens is 5. The minimum absolute atomic E-state index is 0.0893. The maximum Gasteiger partial charge on any atom is 0.254 e. The van der Waals surface area contributed by atoms with Crippen LogP contribution in [-0.2, 0) is 13.1 Å². The van der Waals surface area contributed by atoms with Gasteiger partial charge in [0.25, 0.3) is 5.88 Å². The molecule has 0 atom stereocenters. The Balaban J connectivity index is 0.000000165. The van der Waals surface area contributed by atoms with Crippen LogP contribution in [-0.4, -0.2) is 56.4 Å². The van der Waals surface area contributed by atoms with Crippen molar-refractivity contribution in [2.75, 3.05) is 6.61 Å². The molecule has 1 aliphatic carbocycles. The van der Waals surface area contributed by atoms with Gasteiger partial charge in [0, 0.05) is 23.3 Å². The normalized spacial score (nSPS) is 12.8. The fourth-order valence-corrected chi connectivity index (χ4v) is 6.52. The first kappa shape index (κ1) is 38.1. The molecule has 0 amide bonds. The maximum absolute atomic E-state index is 14.3. The third-order valence-electron chi connectivity index (χ3n) is 9.32. The summed E-state index contributed by atoms with van der Waals surface area (Å²) < 4.78 is 74.5. The lowest BCUT2D eigenvalue weighted by Gasteiger charge is -2.11. The van der Waals surface area contributed by atoms with Crippen LogP contribution in [0.25, 0.3) is 45.8 Å². The van der Waals surface area contributed by atoms with Crippen LogP contribution in [0, 0.1) is 29.2 Å². The highest BCUT2D eigenvalue weighted by molar-refractivity contribution is 6.29. The zero-order chi connectivity index (χ0) is 40.0. The Morgan fingerprint density at radius 1 is 0.638 bits per heavy atom. The Hall–Kier alpha value is -6.75. The molecule has 1 aliphatic rings. The van der Waals surface area contributed by atoms with Gasteiger partial charge in [-0.2, -0.15) is 19.6 Å². The smallest absolute Gasteiger partial charge is 0.254 e. The van der Waals surface area contributed by atoms with Gasteiger partial charge in [-0.05, 0) is 43.0 Å². The van der Waals surface area contributed by atoms with Crippen molar-refractivity contribution in [1.82, 2.24) is 49.8 Å². The van der Waals surface area contributed by atoms with Crippen molar-refractivity contribution in [3.63, 3.8) is 0 Å². The topological polar surface area (TPSA) is 148 Å². The average molecular weight is 811 g/mol. The van der Waals surface area contributed by atoms with Crippen molar-refractivity contribution < 1.29 is 31.3 Å². The van der Waals surface area contributed by atoms with Gasteiger partial charge in [-0.25, -0.2) is 28.1 Å². The van der Waals surface area contributed by atoms with Crippen molar-refractivity contribution in [2.24, 2.45) is 5.92 Å². The Morgan fingerprint density at radius 3 is 1.66 bits per heavy atom. The van der Waals surface area contributed by atoms with E-state index >= 15 is 0 Å². The zero-order valence-corrected chi connectivity index (χ0v) is 31.1. The molecular formula is C40H31ClF4N10O3. The van der Waals surface area contributed by atoms with Gasteiger partial charge >= 0.3 is 0 Å². The van der Waals surface area contributed by atoms with Crippen LogP contribution in [0.15, 0.2) is 107 Å². The first-order valence-corrected chi connectivity index (χ1v) is 18.4. The lowest BCUT2D eigenvalue weighted by Crippen LogP contribution is -2.10. The standard InChI is InChI=1S/C23H21F2N5O2.C17H10ClF2N5O/c24-17-8-4-3-7-16(17)13-30-21(19-9-10-32-29-19)11-20(28-30)22-26-12-18(25)23(27-22)31-14-15-5-1-2-6-15;18-16-12(20)8-21-17(22-16)14-7-15(13-5-6-26-24-13)25(23-14)9-10-3-1-2-4-11(10)19/h3-4,7-12,15H,1-2,5-6,13-14H2;1-8H,9H2. The average Bonchev–Trinajstić information content (AvgIpc) is 4.09. The number of ether oxygens (including phenoxy) is 1. The molecule has 0 N–H and O–H groups in total. The van der Waals surface area contributed by atoms with Gasteiger partial charge in [-0.1, -0.05) is 71.2 Å². The van der Waals surface area contributed by atoms with Gasteiger partial charge in [0.2, 0.25) is 5.82 Å². The molecule has 2 aromatic carbocycles. The fraction of sp³-hybridized carbons (Fsp3) is 0.200. The van der Waals surface area contributed by atoms with Crippen molar-refractivity contribution in [3.8, 4) is 51.7 Å². The van der Waals surface area contributed by atoms with Gasteiger partial charge in [-0.3, -0.25) is 9.36 Å². The van der Waals surface area contributed by atoms with E-state index in [0.29, 0.717) is 57.8 Å². The van der Waals surface area contributed by atoms with Crippen LogP contribution in [0.3, 0.4) is 0 Å². The molecule has 0 saturated heterocycles. The van der Waals surface area contributed by atoms with E-state index in [4.69, 9.17) is 25.4 Å². The highest BCUT2D eigenvalue weighted by atomic mass is 35.5. The first-order chi connectivity index (χ1) is 28.3. The van der Waals surface area contributed by atoms with E-state index in [1.165, 1.54) is 37.5 Å². The molecule has 8 aromatic rings. The molecule has 6 aromatic heterocycles. The third kappa shape index (κ3) is 8.63. The molecule has 0 unspecified atom stereocenters. The summed E-state index contributed by atoms with van der Waals surface area (Å²) in [5, 5.41) is 16.5. The number of aromatic nitrogens is 10. The Morgan fingerprint density at radius 2 is 1.16 bits per heavy atom. The van der Waals surface area contributed by atoms with E-state index in [-0.39, 0.29) is 47.4 Å². The summed E-state index contributed by atoms with van der Waals surface area (Å²) in [5.74, 6) is -1.33. The largest absolute Gasteiger partial charge is 0.475 e. The molecular weight excluding hydrogens is 780 g/mol. The van der Waals surface area contributed by atoms with E-state index in [1.807, 2.05) is 0 Å². The van der Waals surface area contributed by atoms with Crippen molar-refractivity contribution in [1.29, 1.82) is 0 Å². The van der Waals surface area contributed by atoms with Crippen LogP contribution in [0.4, 0.5) is 17.6 Å². The van der Waals surface area contributed by atoms with Crippen LogP contribution < -0.4 is 4.74 Å². The molecule has 0 bridgehead atoms. The van der Waals surface area contributed by atoms with Crippen LogP contribution in [0.2, 0.25) is 5.15 Å². The van der Waals surface area contributed by atoms with Crippen molar-refractivity contribution in [2.45, 2.75) is 38.8 Å². The molecule has 1 saturated carbocycles. The molecule has 58 heavy (non-hydrogen) atoms. The molecule has 1 fully saturated rings. The predicted molar refractivity (Wildman–Crippen MR) is 201 cm³/mol. The third-order valence-corrected chi connectivity index (χ3v) is 9.58. The fourth-order valence-electron chi connectivity index (χ4n) is 6.39. The minimum atomic E-state index is -0.724. The lowest BCUT2D eigenvalue weighted by molar-refractivity contribution is 0.232. The van der Waals surface area contributed by atoms with Gasteiger partial charge in [0.1, 0.15) is 46.9 Å². The molecule has 6 heterocycles. The predicted octanol–water partition coefficient (Wildman–Crippen LogP) is 8.87. The zero-order valence-electron chi connectivity index (χ0n) is 30.4. The van der Waals surface area contributed by atoms with Gasteiger partial charge in [-0.15, -0.1) is 0 Å². The van der Waals surface area contributed by atoms with E-state index in [0.717, 1.165) is 25.2 Å². The Kier molecular flexibility index (Phi) is 11.3. The van der Waals surface area contributed by atoms with E-state index in [9.17, 15) is 17.6 Å². The molecule has 294 valence electrons. The second-order valence-corrected chi connectivity index (χ2v) is 13.6. The summed E-state index contributed by atoms with van der Waals surface area (Å²) in [4.78, 5) is 16.1. The highest BCUT2D eigenvalue weighted by Gasteiger charge is 2.21. The number of hydrogen-bond donors (Lipinski definition) is 0. The summed E-state index contributed by atoms with van der Waals surface area (Å²) in [6.07, 6.45) is 9.43. The first-order valence-electron chi connectivity index (χ1n) is 18.1. The van der Waals surface area contributed by atoms with E-state index in [1.54, 1.807) is 70.0 Å². The van der Waals surface area contributed by atoms with Crippen LogP contribution in [0.1, 0.15) is 36.8 Å². The number of nitrogens with zero attached hydrogens (tertiary/aromatic N) is 10. The van der Waals surface area contributed by atoms with Crippen LogP contribution in [0.5, 0.6) is 5.88 Å². The minimum Gasteiger partial charge on any atom is -0.475 e. The molecule has 18 heteroatoms. The summed E-state index contributed by atoms with van der Waals surface area (Å²) in [5.41, 5.74) is 3.86. The summed E-state index contributed by atoms with van der Waals surface area (Å²) in [6.45, 7) is 0.754. The quantitative estimate of drug-likeness (QED) is 0.0911. The van der Waals surface area contributed by atoms with Crippen LogP contribution >= 0.6 is 11.6 Å². The SMILES string of the molecule is Fc1ccccc1Cn1nc(-c2ncc(F)c(Cl)n2)cc1-c1ccon1.Fc1ccccc1Cn1nc(-c2ncc(F)c(OCC3CCCC3)n2)cc1-c1ccon1. The summed E-state index contributed by atoms with van der Waals surface area (Å²) >= 11 is 5.72. The molecule has 0 radical (unpaired) electrons. The monoisotopic (exact) mass is 810 g/mol. The summed E-state index contributed by atoms with van der Waals surface area (Å²) in [7, 11) is 0. The molecule has 13 nitrogen and oxygen atoms in total. The highest BCUT2D eigenvalue weighted by Crippen LogP contribution is 2.29. The number of benzene rings is 2. The number of hydrogen-bond acceptors (Lipinski definition) is 11. The van der Waals surface area contributed by atoms with Gasteiger partial charge < -0.3 is 13.8 Å². The second-order valence-electron chi connectivity index (χ2n) is 13.2. The molecule has 0 aliphatic heterocycles. The summed E-state index contributed by atoms with van der Waals surface area (Å²) in [6, 6.07) is 19.6. The number of rotatable bonds is 11. The van der Waals surface area contributed by atoms with E-state index in [2.05, 4.69) is 40.4 Å². The maximum atomic E-state index is 14.3. The van der Waals surface area contributed by atoms with Gasteiger partial charge in [0.15, 0.2) is 22.6 Å². The lowest BCUT2D eigenvalue weighted by atomic mass is 10.1. The molecule has 0 spiro atoms. The van der Waals surface area contributed by atoms with Gasteiger partial charge in [0.05, 0.1) is 43.5 Å². The van der Waals surface area contributed by atoms with Crippen molar-refractivity contribution in [3.05, 3.63) is 137 Å². The second kappa shape index (κ2) is 17.2. The Bertz CT molecular complexity index is 2630. The Labute approximate surface area is 332 Å². The molecule has 9 rings (SSSR count).